The predicted octanol–water partition coefficient (Wildman–Crippen LogP) is 1.61. The lowest BCUT2D eigenvalue weighted by Crippen LogP contribution is -2.35. The molecule has 2 heterocycles. The average molecular weight is 223 g/mol. The molecule has 1 aliphatic rings. The molecule has 4 heteroatoms. The molecule has 0 aromatic carbocycles. The highest BCUT2D eigenvalue weighted by Gasteiger charge is 2.15. The Morgan fingerprint density at radius 3 is 3.07 bits per heavy atom. The first-order chi connectivity index (χ1) is 7.22. The molecular weight excluding hydrogens is 206 g/mol. The summed E-state index contributed by atoms with van der Waals surface area (Å²) in [5.74, 6) is 3.20. The van der Waals surface area contributed by atoms with Crippen LogP contribution in [0.5, 0.6) is 0 Å². The number of nitrogens with two attached hydrogens (primary N) is 1. The largest absolute Gasteiger partial charge is 0.356 e. The van der Waals surface area contributed by atoms with E-state index >= 15 is 0 Å². The topological polar surface area (TPSA) is 42.1 Å². The van der Waals surface area contributed by atoms with Crippen molar-refractivity contribution in [3.05, 3.63) is 23.4 Å². The molecular formula is C11H17N3S. The summed E-state index contributed by atoms with van der Waals surface area (Å²) in [4.78, 5) is 6.81. The molecule has 1 aliphatic heterocycles. The summed E-state index contributed by atoms with van der Waals surface area (Å²) < 4.78 is 0. The molecule has 1 unspecified atom stereocenters. The average Bonchev–Trinajstić information content (AvgIpc) is 2.73. The first-order valence-corrected chi connectivity index (χ1v) is 6.37. The number of hydrogen-bond acceptors (Lipinski definition) is 4. The monoisotopic (exact) mass is 223 g/mol. The molecule has 2 N–H and O–H groups in total. The molecule has 0 amide bonds. The molecule has 0 aliphatic carbocycles. The third-order valence-electron chi connectivity index (χ3n) is 2.91. The third-order valence-corrected chi connectivity index (χ3v) is 3.91. The van der Waals surface area contributed by atoms with Crippen molar-refractivity contribution in [1.29, 1.82) is 0 Å². The predicted molar refractivity (Wildman–Crippen MR) is 66.2 cm³/mol. The van der Waals surface area contributed by atoms with Crippen molar-refractivity contribution in [2.24, 2.45) is 5.73 Å². The SMILES string of the molecule is CC(CN)N(C)c1ccc2c(n1)CSC2. The van der Waals surface area contributed by atoms with E-state index in [4.69, 9.17) is 5.73 Å². The Hall–Kier alpha value is -0.740. The van der Waals surface area contributed by atoms with Gasteiger partial charge in [0.15, 0.2) is 0 Å². The maximum Gasteiger partial charge on any atom is 0.128 e. The van der Waals surface area contributed by atoms with Crippen molar-refractivity contribution < 1.29 is 0 Å². The van der Waals surface area contributed by atoms with E-state index in [0.717, 1.165) is 17.3 Å². The second-order valence-corrected chi connectivity index (χ2v) is 4.95. The first kappa shape index (κ1) is 10.8. The lowest BCUT2D eigenvalue weighted by Gasteiger charge is -2.25. The molecule has 0 bridgehead atoms. The Bertz CT molecular complexity index is 354. The quantitative estimate of drug-likeness (QED) is 0.845. The molecule has 0 fully saturated rings. The molecule has 0 radical (unpaired) electrons. The van der Waals surface area contributed by atoms with Crippen LogP contribution in [0.3, 0.4) is 0 Å². The molecule has 0 saturated heterocycles. The van der Waals surface area contributed by atoms with Gasteiger partial charge in [-0.05, 0) is 18.6 Å². The van der Waals surface area contributed by atoms with Crippen LogP contribution in [0.25, 0.3) is 0 Å². The molecule has 1 atom stereocenters. The van der Waals surface area contributed by atoms with Gasteiger partial charge in [-0.15, -0.1) is 0 Å². The number of aromatic nitrogens is 1. The molecule has 82 valence electrons. The van der Waals surface area contributed by atoms with Crippen LogP contribution < -0.4 is 10.6 Å². The summed E-state index contributed by atoms with van der Waals surface area (Å²) in [6, 6.07) is 4.62. The summed E-state index contributed by atoms with van der Waals surface area (Å²) in [6.45, 7) is 2.77. The lowest BCUT2D eigenvalue weighted by atomic mass is 10.2. The van der Waals surface area contributed by atoms with E-state index in [1.54, 1.807) is 0 Å². The number of anilines is 1. The fourth-order valence-corrected chi connectivity index (χ4v) is 2.64. The Morgan fingerprint density at radius 1 is 1.53 bits per heavy atom. The van der Waals surface area contributed by atoms with Crippen molar-refractivity contribution in [3.8, 4) is 0 Å². The highest BCUT2D eigenvalue weighted by molar-refractivity contribution is 7.98. The maximum atomic E-state index is 5.65. The first-order valence-electron chi connectivity index (χ1n) is 5.22. The Balaban J connectivity index is 2.22. The van der Waals surface area contributed by atoms with Gasteiger partial charge in [-0.2, -0.15) is 11.8 Å². The van der Waals surface area contributed by atoms with Crippen molar-refractivity contribution >= 4 is 17.6 Å². The van der Waals surface area contributed by atoms with Crippen LogP contribution in [-0.2, 0) is 11.5 Å². The molecule has 0 saturated carbocycles. The smallest absolute Gasteiger partial charge is 0.128 e. The van der Waals surface area contributed by atoms with E-state index < -0.39 is 0 Å². The van der Waals surface area contributed by atoms with Gasteiger partial charge < -0.3 is 10.6 Å². The van der Waals surface area contributed by atoms with E-state index in [-0.39, 0.29) is 0 Å². The van der Waals surface area contributed by atoms with Gasteiger partial charge >= 0.3 is 0 Å². The summed E-state index contributed by atoms with van der Waals surface area (Å²) in [7, 11) is 2.05. The Morgan fingerprint density at radius 2 is 2.33 bits per heavy atom. The fourth-order valence-electron chi connectivity index (χ4n) is 1.61. The van der Waals surface area contributed by atoms with Crippen LogP contribution in [0.2, 0.25) is 0 Å². The molecule has 1 aromatic heterocycles. The van der Waals surface area contributed by atoms with Crippen molar-refractivity contribution in [3.63, 3.8) is 0 Å². The van der Waals surface area contributed by atoms with Gasteiger partial charge in [-0.25, -0.2) is 4.98 Å². The fraction of sp³-hybridized carbons (Fsp3) is 0.545. The van der Waals surface area contributed by atoms with Crippen molar-refractivity contribution in [2.45, 2.75) is 24.5 Å². The number of pyridine rings is 1. The zero-order valence-electron chi connectivity index (χ0n) is 9.23. The highest BCUT2D eigenvalue weighted by Crippen LogP contribution is 2.29. The number of rotatable bonds is 3. The van der Waals surface area contributed by atoms with Crippen LogP contribution in [0.15, 0.2) is 12.1 Å². The molecule has 15 heavy (non-hydrogen) atoms. The second-order valence-electron chi connectivity index (χ2n) is 3.96. The van der Waals surface area contributed by atoms with Crippen LogP contribution in [0, 0.1) is 0 Å². The van der Waals surface area contributed by atoms with E-state index in [0.29, 0.717) is 12.6 Å². The van der Waals surface area contributed by atoms with Gasteiger partial charge in [0.05, 0.1) is 5.69 Å². The highest BCUT2D eigenvalue weighted by atomic mass is 32.2. The van der Waals surface area contributed by atoms with E-state index in [9.17, 15) is 0 Å². The summed E-state index contributed by atoms with van der Waals surface area (Å²) in [6.07, 6.45) is 0. The van der Waals surface area contributed by atoms with Crippen molar-refractivity contribution in [2.75, 3.05) is 18.5 Å². The minimum atomic E-state index is 0.338. The van der Waals surface area contributed by atoms with Crippen molar-refractivity contribution in [1.82, 2.24) is 4.98 Å². The van der Waals surface area contributed by atoms with Gasteiger partial charge in [-0.3, -0.25) is 0 Å². The van der Waals surface area contributed by atoms with E-state index in [2.05, 4.69) is 28.9 Å². The van der Waals surface area contributed by atoms with E-state index in [1.165, 1.54) is 11.3 Å². The zero-order chi connectivity index (χ0) is 10.8. The maximum absolute atomic E-state index is 5.65. The molecule has 1 aromatic rings. The standard InChI is InChI=1S/C11H17N3S/c1-8(5-12)14(2)11-4-3-9-6-15-7-10(9)13-11/h3-4,8H,5-7,12H2,1-2H3. The van der Waals surface area contributed by atoms with Crippen LogP contribution in [0.1, 0.15) is 18.2 Å². The molecule has 3 nitrogen and oxygen atoms in total. The summed E-state index contributed by atoms with van der Waals surface area (Å²) in [5, 5.41) is 0. The van der Waals surface area contributed by atoms with Crippen LogP contribution in [0.4, 0.5) is 5.82 Å². The minimum absolute atomic E-state index is 0.338. The van der Waals surface area contributed by atoms with E-state index in [1.807, 2.05) is 18.8 Å². The molecule has 2 rings (SSSR count). The van der Waals surface area contributed by atoms with Gasteiger partial charge in [0.25, 0.3) is 0 Å². The van der Waals surface area contributed by atoms with Gasteiger partial charge in [0.2, 0.25) is 0 Å². The van der Waals surface area contributed by atoms with Crippen LogP contribution >= 0.6 is 11.8 Å². The number of thioether (sulfide) groups is 1. The second kappa shape index (κ2) is 4.41. The summed E-state index contributed by atoms with van der Waals surface area (Å²) >= 11 is 1.93. The number of nitrogens with zero attached hydrogens (tertiary/aromatic N) is 2. The van der Waals surface area contributed by atoms with Gasteiger partial charge in [0, 0.05) is 31.1 Å². The third kappa shape index (κ3) is 2.11. The number of fused-ring (bicyclic) bond motifs is 1. The number of likely N-dealkylation sites (N-methyl/N-ethyl adjacent to an activating group) is 1. The number of hydrogen-bond donors (Lipinski definition) is 1. The van der Waals surface area contributed by atoms with Gasteiger partial charge in [-0.1, -0.05) is 6.07 Å². The Kier molecular flexibility index (Phi) is 3.17. The zero-order valence-corrected chi connectivity index (χ0v) is 10.0. The summed E-state index contributed by atoms with van der Waals surface area (Å²) in [5.41, 5.74) is 8.28. The lowest BCUT2D eigenvalue weighted by molar-refractivity contribution is 0.686. The van der Waals surface area contributed by atoms with Crippen LogP contribution in [-0.4, -0.2) is 24.6 Å². The Labute approximate surface area is 95.1 Å². The van der Waals surface area contributed by atoms with Gasteiger partial charge in [0.1, 0.15) is 5.82 Å². The molecule has 0 spiro atoms. The normalized spacial score (nSPS) is 16.2. The minimum Gasteiger partial charge on any atom is -0.356 e.